The first kappa shape index (κ1) is 19.4. The molecule has 8 heteroatoms. The molecule has 1 fully saturated rings. The van der Waals surface area contributed by atoms with E-state index in [1.807, 2.05) is 6.07 Å². The Hall–Kier alpha value is -0.950. The number of amides is 2. The van der Waals surface area contributed by atoms with Gasteiger partial charge in [0.05, 0.1) is 10.9 Å². The van der Waals surface area contributed by atoms with Gasteiger partial charge >= 0.3 is 0 Å². The molecule has 2 amide bonds. The van der Waals surface area contributed by atoms with E-state index in [0.29, 0.717) is 10.7 Å². The number of nitrogens with two attached hydrogens (primary N) is 1. The quantitative estimate of drug-likeness (QED) is 0.741. The van der Waals surface area contributed by atoms with Crippen LogP contribution in [0.3, 0.4) is 0 Å². The third-order valence-electron chi connectivity index (χ3n) is 4.27. The number of carbonyl (C=O) groups is 2. The van der Waals surface area contributed by atoms with Crippen molar-refractivity contribution < 1.29 is 9.59 Å². The average molecular weight is 390 g/mol. The van der Waals surface area contributed by atoms with Crippen molar-refractivity contribution in [2.45, 2.75) is 54.3 Å². The van der Waals surface area contributed by atoms with E-state index in [0.717, 1.165) is 30.6 Å². The number of nitrogens with one attached hydrogen (secondary N) is 2. The lowest BCUT2D eigenvalue weighted by Gasteiger charge is -2.28. The zero-order chi connectivity index (χ0) is 16.4. The van der Waals surface area contributed by atoms with Gasteiger partial charge in [0.15, 0.2) is 0 Å². The van der Waals surface area contributed by atoms with Crippen LogP contribution in [-0.4, -0.2) is 29.1 Å². The van der Waals surface area contributed by atoms with Crippen LogP contribution in [-0.2, 0) is 9.59 Å². The molecule has 0 aromatic heterocycles. The fourth-order valence-corrected chi connectivity index (χ4v) is 4.24. The van der Waals surface area contributed by atoms with Crippen LogP contribution in [0.5, 0.6) is 0 Å². The number of benzene rings is 1. The summed E-state index contributed by atoms with van der Waals surface area (Å²) in [5.41, 5.74) is 6.59. The molecule has 1 saturated carbocycles. The highest BCUT2D eigenvalue weighted by Crippen LogP contribution is 2.38. The number of anilines is 1. The largest absolute Gasteiger partial charge is 0.353 e. The van der Waals surface area contributed by atoms with Gasteiger partial charge in [-0.2, -0.15) is 0 Å². The van der Waals surface area contributed by atoms with Crippen LogP contribution in [0.1, 0.15) is 32.1 Å². The van der Waals surface area contributed by atoms with Gasteiger partial charge in [-0.15, -0.1) is 24.2 Å². The third-order valence-corrected chi connectivity index (χ3v) is 5.78. The Balaban J connectivity index is 0.00000208. The van der Waals surface area contributed by atoms with E-state index in [1.54, 1.807) is 12.1 Å². The molecule has 0 spiro atoms. The maximum Gasteiger partial charge on any atom is 0.238 e. The van der Waals surface area contributed by atoms with E-state index in [9.17, 15) is 9.59 Å². The molecular formula is C16H21Cl2N3O2S. The zero-order valence-electron chi connectivity index (χ0n) is 13.1. The minimum absolute atomic E-state index is 0. The van der Waals surface area contributed by atoms with Gasteiger partial charge in [0, 0.05) is 28.4 Å². The molecule has 5 nitrogen and oxygen atoms in total. The van der Waals surface area contributed by atoms with Crippen molar-refractivity contribution in [1.82, 2.24) is 5.32 Å². The summed E-state index contributed by atoms with van der Waals surface area (Å²) in [5, 5.41) is 6.03. The van der Waals surface area contributed by atoms with Crippen molar-refractivity contribution in [1.29, 1.82) is 0 Å². The van der Waals surface area contributed by atoms with Crippen LogP contribution < -0.4 is 16.4 Å². The smallest absolute Gasteiger partial charge is 0.238 e. The Morgan fingerprint density at radius 1 is 1.33 bits per heavy atom. The highest BCUT2D eigenvalue weighted by Gasteiger charge is 2.30. The molecule has 0 bridgehead atoms. The lowest BCUT2D eigenvalue weighted by molar-refractivity contribution is -0.124. The maximum absolute atomic E-state index is 12.2. The summed E-state index contributed by atoms with van der Waals surface area (Å²) < 4.78 is 0. The highest BCUT2D eigenvalue weighted by molar-refractivity contribution is 8.01. The SMILES string of the molecule is Cl.NC1CCC(NC(=O)CC2Sc3ccc(Cl)cc3NC2=O)CC1. The van der Waals surface area contributed by atoms with E-state index >= 15 is 0 Å². The topological polar surface area (TPSA) is 84.2 Å². The molecule has 1 aliphatic heterocycles. The summed E-state index contributed by atoms with van der Waals surface area (Å²) in [6.07, 6.45) is 3.90. The Bertz CT molecular complexity index is 621. The number of rotatable bonds is 3. The lowest BCUT2D eigenvalue weighted by Crippen LogP contribution is -2.42. The minimum atomic E-state index is -0.408. The minimum Gasteiger partial charge on any atom is -0.353 e. The molecule has 24 heavy (non-hydrogen) atoms. The van der Waals surface area contributed by atoms with E-state index in [1.165, 1.54) is 11.8 Å². The molecule has 4 N–H and O–H groups in total. The predicted octanol–water partition coefficient (Wildman–Crippen LogP) is 2.95. The van der Waals surface area contributed by atoms with Gasteiger partial charge in [0.2, 0.25) is 11.8 Å². The van der Waals surface area contributed by atoms with Gasteiger partial charge in [-0.1, -0.05) is 11.6 Å². The number of thioether (sulfide) groups is 1. The number of hydrogen-bond acceptors (Lipinski definition) is 4. The number of halogens is 2. The van der Waals surface area contributed by atoms with Crippen molar-refractivity contribution in [3.05, 3.63) is 23.2 Å². The van der Waals surface area contributed by atoms with Crippen LogP contribution >= 0.6 is 35.8 Å². The molecule has 0 saturated heterocycles. The van der Waals surface area contributed by atoms with Gasteiger partial charge in [-0.3, -0.25) is 9.59 Å². The second kappa shape index (κ2) is 8.43. The van der Waals surface area contributed by atoms with Crippen LogP contribution in [0.4, 0.5) is 5.69 Å². The molecule has 1 heterocycles. The Morgan fingerprint density at radius 2 is 2.04 bits per heavy atom. The van der Waals surface area contributed by atoms with Gasteiger partial charge in [0.25, 0.3) is 0 Å². The molecular weight excluding hydrogens is 369 g/mol. The zero-order valence-corrected chi connectivity index (χ0v) is 15.5. The molecule has 1 aliphatic carbocycles. The third kappa shape index (κ3) is 4.79. The lowest BCUT2D eigenvalue weighted by atomic mass is 9.92. The van der Waals surface area contributed by atoms with E-state index in [-0.39, 0.29) is 42.7 Å². The summed E-state index contributed by atoms with van der Waals surface area (Å²) in [5.74, 6) is -0.221. The van der Waals surface area contributed by atoms with Crippen LogP contribution in [0.25, 0.3) is 0 Å². The summed E-state index contributed by atoms with van der Waals surface area (Å²) >= 11 is 7.34. The van der Waals surface area contributed by atoms with Crippen LogP contribution in [0, 0.1) is 0 Å². The van der Waals surface area contributed by atoms with Crippen molar-refractivity contribution in [3.8, 4) is 0 Å². The number of hydrogen-bond donors (Lipinski definition) is 3. The van der Waals surface area contributed by atoms with E-state index < -0.39 is 5.25 Å². The first-order valence-electron chi connectivity index (χ1n) is 7.83. The monoisotopic (exact) mass is 389 g/mol. The second-order valence-electron chi connectivity index (χ2n) is 6.12. The van der Waals surface area contributed by atoms with E-state index in [4.69, 9.17) is 17.3 Å². The molecule has 1 atom stereocenters. The fourth-order valence-electron chi connectivity index (χ4n) is 2.98. The van der Waals surface area contributed by atoms with Gasteiger partial charge in [-0.25, -0.2) is 0 Å². The number of fused-ring (bicyclic) bond motifs is 1. The fraction of sp³-hybridized carbons (Fsp3) is 0.500. The number of carbonyl (C=O) groups excluding carboxylic acids is 2. The Morgan fingerprint density at radius 3 is 2.75 bits per heavy atom. The molecule has 1 aromatic rings. The van der Waals surface area contributed by atoms with Gasteiger partial charge < -0.3 is 16.4 Å². The summed E-state index contributed by atoms with van der Waals surface area (Å²) in [7, 11) is 0. The summed E-state index contributed by atoms with van der Waals surface area (Å²) in [4.78, 5) is 25.3. The van der Waals surface area contributed by atoms with Crippen molar-refractivity contribution >= 4 is 53.3 Å². The molecule has 0 radical (unpaired) electrons. The standard InChI is InChI=1S/C16H20ClN3O2S.ClH/c17-9-1-6-13-12(7-9)20-16(22)14(23-13)8-15(21)19-11-4-2-10(18)3-5-11;/h1,6-7,10-11,14H,2-5,8,18H2,(H,19,21)(H,20,22);1H. The maximum atomic E-state index is 12.2. The van der Waals surface area contributed by atoms with E-state index in [2.05, 4.69) is 10.6 Å². The molecule has 132 valence electrons. The predicted molar refractivity (Wildman–Crippen MR) is 100.0 cm³/mol. The molecule has 2 aliphatic rings. The summed E-state index contributed by atoms with van der Waals surface area (Å²) in [6.45, 7) is 0. The van der Waals surface area contributed by atoms with Crippen LogP contribution in [0.2, 0.25) is 5.02 Å². The first-order chi connectivity index (χ1) is 11.0. The normalized spacial score (nSPS) is 25.9. The first-order valence-corrected chi connectivity index (χ1v) is 9.09. The van der Waals surface area contributed by atoms with Crippen LogP contribution in [0.15, 0.2) is 23.1 Å². The van der Waals surface area contributed by atoms with Gasteiger partial charge in [-0.05, 0) is 43.9 Å². The molecule has 1 unspecified atom stereocenters. The Labute approximate surface area is 156 Å². The molecule has 3 rings (SSSR count). The van der Waals surface area contributed by atoms with Crippen molar-refractivity contribution in [2.75, 3.05) is 5.32 Å². The molecule has 1 aromatic carbocycles. The van der Waals surface area contributed by atoms with Crippen molar-refractivity contribution in [2.24, 2.45) is 5.73 Å². The van der Waals surface area contributed by atoms with Gasteiger partial charge in [0.1, 0.15) is 0 Å². The summed E-state index contributed by atoms with van der Waals surface area (Å²) in [6, 6.07) is 5.82. The average Bonchev–Trinajstić information content (AvgIpc) is 2.50. The van der Waals surface area contributed by atoms with Crippen molar-refractivity contribution in [3.63, 3.8) is 0 Å². The second-order valence-corrected chi connectivity index (χ2v) is 7.80. The Kier molecular flexibility index (Phi) is 6.80. The highest BCUT2D eigenvalue weighted by atomic mass is 35.5.